The summed E-state index contributed by atoms with van der Waals surface area (Å²) in [6, 6.07) is 7.26. The van der Waals surface area contributed by atoms with Gasteiger partial charge in [-0.1, -0.05) is 6.07 Å². The molecule has 2 rings (SSSR count). The quantitative estimate of drug-likeness (QED) is 0.939. The van der Waals surface area contributed by atoms with Crippen molar-refractivity contribution in [2.45, 2.75) is 34.2 Å². The van der Waals surface area contributed by atoms with Crippen LogP contribution in [-0.2, 0) is 11.3 Å². The van der Waals surface area contributed by atoms with E-state index in [0.717, 1.165) is 16.8 Å². The van der Waals surface area contributed by atoms with Crippen LogP contribution in [0.4, 0.5) is 5.69 Å². The number of carbonyl (C=O) groups is 1. The molecule has 0 aliphatic rings. The molecule has 110 valence electrons. The van der Waals surface area contributed by atoms with E-state index in [1.165, 1.54) is 10.6 Å². The maximum atomic E-state index is 12.1. The first-order valence-corrected chi connectivity index (χ1v) is 6.78. The Labute approximate surface area is 123 Å². The van der Waals surface area contributed by atoms with Gasteiger partial charge in [-0.3, -0.25) is 14.2 Å². The van der Waals surface area contributed by atoms with E-state index in [2.05, 4.69) is 10.3 Å². The zero-order valence-corrected chi connectivity index (χ0v) is 12.7. The van der Waals surface area contributed by atoms with Crippen molar-refractivity contribution in [2.24, 2.45) is 0 Å². The highest BCUT2D eigenvalue weighted by Gasteiger charge is 2.09. The molecule has 0 aliphatic carbocycles. The Bertz CT molecular complexity index is 727. The summed E-state index contributed by atoms with van der Waals surface area (Å²) >= 11 is 0. The minimum atomic E-state index is -0.240. The number of nitrogens with zero attached hydrogens (tertiary/aromatic N) is 2. The third-order valence-corrected chi connectivity index (χ3v) is 3.13. The van der Waals surface area contributed by atoms with Crippen molar-refractivity contribution < 1.29 is 4.79 Å². The van der Waals surface area contributed by atoms with Crippen molar-refractivity contribution in [3.63, 3.8) is 0 Å². The van der Waals surface area contributed by atoms with Crippen molar-refractivity contribution >= 4 is 11.6 Å². The lowest BCUT2D eigenvalue weighted by molar-refractivity contribution is -0.116. The van der Waals surface area contributed by atoms with Crippen molar-refractivity contribution in [1.82, 2.24) is 9.55 Å². The topological polar surface area (TPSA) is 64.0 Å². The molecule has 0 saturated carbocycles. The molecule has 0 aliphatic heterocycles. The van der Waals surface area contributed by atoms with Crippen LogP contribution in [0.25, 0.3) is 0 Å². The molecule has 0 atom stereocenters. The number of nitrogens with one attached hydrogen (secondary N) is 1. The Morgan fingerprint density at radius 3 is 2.29 bits per heavy atom. The van der Waals surface area contributed by atoms with Gasteiger partial charge in [0.1, 0.15) is 12.4 Å². The highest BCUT2D eigenvalue weighted by molar-refractivity contribution is 5.90. The SMILES string of the molecule is Cc1cc(C)cc(NC(=O)Cn2c(C)nc(C)cc2=O)c1. The molecule has 0 unspecified atom stereocenters. The van der Waals surface area contributed by atoms with Crippen LogP contribution in [0.15, 0.2) is 29.1 Å². The lowest BCUT2D eigenvalue weighted by Crippen LogP contribution is -2.30. The number of hydrogen-bond donors (Lipinski definition) is 1. The number of hydrogen-bond acceptors (Lipinski definition) is 3. The third kappa shape index (κ3) is 3.78. The van der Waals surface area contributed by atoms with Crippen LogP contribution >= 0.6 is 0 Å². The summed E-state index contributed by atoms with van der Waals surface area (Å²) in [5.41, 5.74) is 3.34. The van der Waals surface area contributed by atoms with Gasteiger partial charge in [-0.15, -0.1) is 0 Å². The summed E-state index contributed by atoms with van der Waals surface area (Å²) in [5, 5.41) is 2.81. The molecule has 0 radical (unpaired) electrons. The molecule has 1 amide bonds. The number of aromatic nitrogens is 2. The van der Waals surface area contributed by atoms with Gasteiger partial charge in [-0.2, -0.15) is 0 Å². The molecule has 0 saturated heterocycles. The second kappa shape index (κ2) is 5.91. The van der Waals surface area contributed by atoms with Crippen LogP contribution < -0.4 is 10.9 Å². The van der Waals surface area contributed by atoms with E-state index in [9.17, 15) is 9.59 Å². The van der Waals surface area contributed by atoms with Crippen LogP contribution in [0.1, 0.15) is 22.6 Å². The summed E-state index contributed by atoms with van der Waals surface area (Å²) in [6.45, 7) is 7.39. The molecule has 0 bridgehead atoms. The van der Waals surface area contributed by atoms with E-state index in [-0.39, 0.29) is 18.0 Å². The predicted octanol–water partition coefficient (Wildman–Crippen LogP) is 2.12. The van der Waals surface area contributed by atoms with Crippen molar-refractivity contribution in [3.8, 4) is 0 Å². The highest BCUT2D eigenvalue weighted by atomic mass is 16.2. The van der Waals surface area contributed by atoms with Crippen molar-refractivity contribution in [2.75, 3.05) is 5.32 Å². The number of amides is 1. The largest absolute Gasteiger partial charge is 0.325 e. The van der Waals surface area contributed by atoms with E-state index < -0.39 is 0 Å². The second-order valence-corrected chi connectivity index (χ2v) is 5.29. The maximum absolute atomic E-state index is 12.1. The van der Waals surface area contributed by atoms with Gasteiger partial charge in [0.2, 0.25) is 5.91 Å². The molecule has 0 spiro atoms. The average molecular weight is 285 g/mol. The first kappa shape index (κ1) is 15.0. The Balaban J connectivity index is 2.17. The van der Waals surface area contributed by atoms with Gasteiger partial charge in [0.15, 0.2) is 0 Å². The van der Waals surface area contributed by atoms with Crippen LogP contribution in [0.5, 0.6) is 0 Å². The summed E-state index contributed by atoms with van der Waals surface area (Å²) in [6.07, 6.45) is 0. The van der Waals surface area contributed by atoms with Gasteiger partial charge in [-0.05, 0) is 51.0 Å². The number of benzene rings is 1. The molecule has 21 heavy (non-hydrogen) atoms. The lowest BCUT2D eigenvalue weighted by Gasteiger charge is -2.11. The highest BCUT2D eigenvalue weighted by Crippen LogP contribution is 2.13. The van der Waals surface area contributed by atoms with Crippen molar-refractivity contribution in [3.05, 3.63) is 57.3 Å². The molecule has 2 aromatic rings. The molecule has 0 fully saturated rings. The van der Waals surface area contributed by atoms with Crippen molar-refractivity contribution in [1.29, 1.82) is 0 Å². The molecule has 1 aromatic heterocycles. The summed E-state index contributed by atoms with van der Waals surface area (Å²) in [7, 11) is 0. The molecule has 5 nitrogen and oxygen atoms in total. The summed E-state index contributed by atoms with van der Waals surface area (Å²) in [4.78, 5) is 28.2. The molecule has 1 aromatic carbocycles. The fourth-order valence-electron chi connectivity index (χ4n) is 2.35. The van der Waals surface area contributed by atoms with Crippen LogP contribution in [0.3, 0.4) is 0 Å². The number of carbonyl (C=O) groups excluding carboxylic acids is 1. The number of rotatable bonds is 3. The zero-order valence-electron chi connectivity index (χ0n) is 12.7. The summed E-state index contributed by atoms with van der Waals surface area (Å²) in [5.74, 6) is 0.298. The van der Waals surface area contributed by atoms with E-state index in [4.69, 9.17) is 0 Å². The fourth-order valence-corrected chi connectivity index (χ4v) is 2.35. The zero-order chi connectivity index (χ0) is 15.6. The Morgan fingerprint density at radius 2 is 1.71 bits per heavy atom. The molecule has 1 heterocycles. The maximum Gasteiger partial charge on any atom is 0.254 e. The van der Waals surface area contributed by atoms with Gasteiger partial charge in [0.25, 0.3) is 5.56 Å². The monoisotopic (exact) mass is 285 g/mol. The minimum absolute atomic E-state index is 0.0368. The molecule has 1 N–H and O–H groups in total. The van der Waals surface area contributed by atoms with Gasteiger partial charge < -0.3 is 5.32 Å². The fraction of sp³-hybridized carbons (Fsp3) is 0.312. The van der Waals surface area contributed by atoms with Crippen LogP contribution in [-0.4, -0.2) is 15.5 Å². The second-order valence-electron chi connectivity index (χ2n) is 5.29. The Morgan fingerprint density at radius 1 is 1.10 bits per heavy atom. The normalized spacial score (nSPS) is 10.5. The van der Waals surface area contributed by atoms with Gasteiger partial charge >= 0.3 is 0 Å². The number of aryl methyl sites for hydroxylation is 4. The Kier molecular flexibility index (Phi) is 4.21. The third-order valence-electron chi connectivity index (χ3n) is 3.13. The molecular weight excluding hydrogens is 266 g/mol. The standard InChI is InChI=1S/C16H19N3O2/c1-10-5-11(2)7-14(6-10)18-15(20)9-19-13(4)17-12(3)8-16(19)21/h5-8H,9H2,1-4H3,(H,18,20). The molecule has 5 heteroatoms. The average Bonchev–Trinajstić information content (AvgIpc) is 2.32. The predicted molar refractivity (Wildman–Crippen MR) is 82.5 cm³/mol. The van der Waals surface area contributed by atoms with E-state index in [1.807, 2.05) is 32.0 Å². The minimum Gasteiger partial charge on any atom is -0.325 e. The smallest absolute Gasteiger partial charge is 0.254 e. The van der Waals surface area contributed by atoms with E-state index in [1.54, 1.807) is 13.8 Å². The van der Waals surface area contributed by atoms with Gasteiger partial charge in [0.05, 0.1) is 0 Å². The lowest BCUT2D eigenvalue weighted by atomic mass is 10.1. The van der Waals surface area contributed by atoms with Crippen LogP contribution in [0, 0.1) is 27.7 Å². The Hall–Kier alpha value is -2.43. The van der Waals surface area contributed by atoms with Gasteiger partial charge in [-0.25, -0.2) is 4.98 Å². The number of anilines is 1. The van der Waals surface area contributed by atoms with E-state index in [0.29, 0.717) is 11.5 Å². The first-order valence-electron chi connectivity index (χ1n) is 6.78. The van der Waals surface area contributed by atoms with E-state index >= 15 is 0 Å². The molecular formula is C16H19N3O2. The van der Waals surface area contributed by atoms with Gasteiger partial charge in [0, 0.05) is 17.4 Å². The summed E-state index contributed by atoms with van der Waals surface area (Å²) < 4.78 is 1.37. The van der Waals surface area contributed by atoms with Crippen LogP contribution in [0.2, 0.25) is 0 Å². The first-order chi connectivity index (χ1) is 9.85.